The van der Waals surface area contributed by atoms with Gasteiger partial charge in [-0.3, -0.25) is 10.1 Å². The van der Waals surface area contributed by atoms with E-state index >= 15 is 0 Å². The SMILES string of the molecule is COc1ccc(NC(=O)Nc2nnc(SCc3nc4ccccc4[nH]c3=O)s2)cc1. The fraction of sp³-hybridized carbons (Fsp3) is 0.105. The van der Waals surface area contributed by atoms with Gasteiger partial charge in [-0.25, -0.2) is 9.78 Å². The van der Waals surface area contributed by atoms with Crippen LogP contribution in [0, 0.1) is 0 Å². The van der Waals surface area contributed by atoms with Gasteiger partial charge < -0.3 is 15.0 Å². The third-order valence-corrected chi connectivity index (χ3v) is 5.96. The quantitative estimate of drug-likeness (QED) is 0.308. The number of thioether (sulfide) groups is 1. The Morgan fingerprint density at radius 2 is 1.93 bits per heavy atom. The summed E-state index contributed by atoms with van der Waals surface area (Å²) in [5.41, 5.74) is 2.21. The van der Waals surface area contributed by atoms with Crippen molar-refractivity contribution < 1.29 is 9.53 Å². The summed E-state index contributed by atoms with van der Waals surface area (Å²) in [4.78, 5) is 31.5. The van der Waals surface area contributed by atoms with Crippen LogP contribution in [0.15, 0.2) is 57.7 Å². The minimum Gasteiger partial charge on any atom is -0.497 e. The van der Waals surface area contributed by atoms with E-state index in [0.717, 1.165) is 5.52 Å². The van der Waals surface area contributed by atoms with E-state index in [9.17, 15) is 9.59 Å². The van der Waals surface area contributed by atoms with Crippen molar-refractivity contribution in [1.29, 1.82) is 0 Å². The molecule has 0 unspecified atom stereocenters. The maximum Gasteiger partial charge on any atom is 0.325 e. The van der Waals surface area contributed by atoms with Crippen molar-refractivity contribution in [3.8, 4) is 5.75 Å². The number of hydrogen-bond donors (Lipinski definition) is 3. The van der Waals surface area contributed by atoms with Crippen LogP contribution in [0.3, 0.4) is 0 Å². The molecule has 0 aliphatic carbocycles. The highest BCUT2D eigenvalue weighted by Crippen LogP contribution is 2.27. The molecular weight excluding hydrogens is 424 g/mol. The number of carbonyl (C=O) groups excluding carboxylic acids is 1. The molecule has 0 fully saturated rings. The molecule has 2 amide bonds. The molecule has 2 heterocycles. The number of nitrogens with one attached hydrogen (secondary N) is 3. The molecular formula is C19H16N6O3S2. The molecule has 0 bridgehead atoms. The number of carbonyl (C=O) groups is 1. The number of amides is 2. The van der Waals surface area contributed by atoms with Crippen molar-refractivity contribution in [3.05, 3.63) is 64.6 Å². The monoisotopic (exact) mass is 440 g/mol. The summed E-state index contributed by atoms with van der Waals surface area (Å²) in [5, 5.41) is 13.7. The van der Waals surface area contributed by atoms with Gasteiger partial charge in [-0.15, -0.1) is 10.2 Å². The van der Waals surface area contributed by atoms with E-state index in [1.165, 1.54) is 23.1 Å². The number of fused-ring (bicyclic) bond motifs is 1. The predicted molar refractivity (Wildman–Crippen MR) is 117 cm³/mol. The molecule has 3 N–H and O–H groups in total. The van der Waals surface area contributed by atoms with Gasteiger partial charge in [0.2, 0.25) is 5.13 Å². The summed E-state index contributed by atoms with van der Waals surface area (Å²) in [6, 6.07) is 13.9. The van der Waals surface area contributed by atoms with Gasteiger partial charge in [0.25, 0.3) is 5.56 Å². The lowest BCUT2D eigenvalue weighted by Gasteiger charge is -2.05. The summed E-state index contributed by atoms with van der Waals surface area (Å²) >= 11 is 2.54. The van der Waals surface area contributed by atoms with Gasteiger partial charge in [0.1, 0.15) is 11.4 Å². The molecule has 2 aromatic heterocycles. The van der Waals surface area contributed by atoms with Gasteiger partial charge in [0, 0.05) is 11.4 Å². The van der Waals surface area contributed by atoms with Crippen molar-refractivity contribution >= 4 is 51.0 Å². The molecule has 0 saturated heterocycles. The number of para-hydroxylation sites is 2. The highest BCUT2D eigenvalue weighted by atomic mass is 32.2. The molecule has 4 aromatic rings. The zero-order valence-electron chi connectivity index (χ0n) is 15.7. The number of aromatic nitrogens is 4. The number of benzene rings is 2. The van der Waals surface area contributed by atoms with E-state index in [1.807, 2.05) is 18.2 Å². The lowest BCUT2D eigenvalue weighted by molar-refractivity contribution is 0.262. The number of urea groups is 1. The van der Waals surface area contributed by atoms with E-state index in [2.05, 4.69) is 30.8 Å². The Kier molecular flexibility index (Phi) is 5.91. The molecule has 2 aromatic carbocycles. The minimum absolute atomic E-state index is 0.233. The molecule has 9 nitrogen and oxygen atoms in total. The van der Waals surface area contributed by atoms with Crippen LogP contribution in [-0.4, -0.2) is 33.3 Å². The van der Waals surface area contributed by atoms with Gasteiger partial charge in [-0.2, -0.15) is 0 Å². The Morgan fingerprint density at radius 3 is 2.73 bits per heavy atom. The third kappa shape index (κ3) is 4.75. The normalized spacial score (nSPS) is 10.7. The van der Waals surface area contributed by atoms with Crippen LogP contribution in [0.5, 0.6) is 5.75 Å². The van der Waals surface area contributed by atoms with Crippen LogP contribution in [-0.2, 0) is 5.75 Å². The van der Waals surface area contributed by atoms with E-state index in [0.29, 0.717) is 37.9 Å². The van der Waals surface area contributed by atoms with E-state index in [4.69, 9.17) is 4.74 Å². The maximum atomic E-state index is 12.2. The van der Waals surface area contributed by atoms with Crippen LogP contribution >= 0.6 is 23.1 Å². The molecule has 30 heavy (non-hydrogen) atoms. The highest BCUT2D eigenvalue weighted by molar-refractivity contribution is 8.00. The Labute approximate surface area is 178 Å². The minimum atomic E-state index is -0.430. The van der Waals surface area contributed by atoms with Crippen molar-refractivity contribution in [1.82, 2.24) is 20.2 Å². The van der Waals surface area contributed by atoms with Crippen LogP contribution in [0.2, 0.25) is 0 Å². The smallest absolute Gasteiger partial charge is 0.325 e. The summed E-state index contributed by atoms with van der Waals surface area (Å²) in [6.45, 7) is 0. The standard InChI is InChI=1S/C19H16N6O3S2/c1-28-12-8-6-11(7-9-12)20-17(27)23-18-24-25-19(30-18)29-10-15-16(26)22-14-5-3-2-4-13(14)21-15/h2-9H,10H2,1H3,(H,22,26)(H2,20,23,24,27). The molecule has 0 spiro atoms. The number of ether oxygens (including phenoxy) is 1. The number of H-pyrrole nitrogens is 1. The average molecular weight is 441 g/mol. The Balaban J connectivity index is 1.35. The van der Waals surface area contributed by atoms with Gasteiger partial charge in [0.15, 0.2) is 4.34 Å². The van der Waals surface area contributed by atoms with E-state index < -0.39 is 6.03 Å². The number of nitrogens with zero attached hydrogens (tertiary/aromatic N) is 3. The molecule has 0 aliphatic heterocycles. The second-order valence-electron chi connectivity index (χ2n) is 6.00. The number of methoxy groups -OCH3 is 1. The summed E-state index contributed by atoms with van der Waals surface area (Å²) in [5.74, 6) is 1.04. The fourth-order valence-corrected chi connectivity index (χ4v) is 4.22. The van der Waals surface area contributed by atoms with E-state index in [1.54, 1.807) is 37.4 Å². The van der Waals surface area contributed by atoms with Crippen LogP contribution < -0.4 is 20.9 Å². The lowest BCUT2D eigenvalue weighted by atomic mass is 10.3. The number of hydrogen-bond acceptors (Lipinski definition) is 8. The fourth-order valence-electron chi connectivity index (χ4n) is 2.55. The van der Waals surface area contributed by atoms with Crippen LogP contribution in [0.1, 0.15) is 5.69 Å². The largest absolute Gasteiger partial charge is 0.497 e. The van der Waals surface area contributed by atoms with Gasteiger partial charge >= 0.3 is 6.03 Å². The molecule has 11 heteroatoms. The molecule has 0 aliphatic rings. The Hall–Kier alpha value is -3.44. The zero-order chi connectivity index (χ0) is 20.9. The first-order valence-electron chi connectivity index (χ1n) is 8.77. The first kappa shape index (κ1) is 19.9. The summed E-state index contributed by atoms with van der Waals surface area (Å²) in [7, 11) is 1.58. The van der Waals surface area contributed by atoms with Crippen molar-refractivity contribution in [2.75, 3.05) is 17.7 Å². The number of aromatic amines is 1. The second kappa shape index (κ2) is 8.93. The second-order valence-corrected chi connectivity index (χ2v) is 8.20. The third-order valence-electron chi connectivity index (χ3n) is 3.98. The van der Waals surface area contributed by atoms with Crippen molar-refractivity contribution in [3.63, 3.8) is 0 Å². The van der Waals surface area contributed by atoms with Crippen LogP contribution in [0.25, 0.3) is 11.0 Å². The van der Waals surface area contributed by atoms with Gasteiger partial charge in [0.05, 0.1) is 18.1 Å². The van der Waals surface area contributed by atoms with Crippen molar-refractivity contribution in [2.24, 2.45) is 0 Å². The zero-order valence-corrected chi connectivity index (χ0v) is 17.3. The maximum absolute atomic E-state index is 12.2. The molecule has 152 valence electrons. The number of rotatable bonds is 6. The first-order chi connectivity index (χ1) is 14.6. The van der Waals surface area contributed by atoms with Crippen molar-refractivity contribution in [2.45, 2.75) is 10.1 Å². The van der Waals surface area contributed by atoms with Gasteiger partial charge in [-0.1, -0.05) is 35.2 Å². The predicted octanol–water partition coefficient (Wildman–Crippen LogP) is 3.72. The summed E-state index contributed by atoms with van der Waals surface area (Å²) < 4.78 is 5.70. The van der Waals surface area contributed by atoms with Crippen LogP contribution in [0.4, 0.5) is 15.6 Å². The first-order valence-corrected chi connectivity index (χ1v) is 10.6. The molecule has 0 radical (unpaired) electrons. The molecule has 0 saturated carbocycles. The Morgan fingerprint density at radius 1 is 1.13 bits per heavy atom. The van der Waals surface area contributed by atoms with E-state index in [-0.39, 0.29) is 5.56 Å². The summed E-state index contributed by atoms with van der Waals surface area (Å²) in [6.07, 6.45) is 0. The van der Waals surface area contributed by atoms with Gasteiger partial charge in [-0.05, 0) is 36.4 Å². The lowest BCUT2D eigenvalue weighted by Crippen LogP contribution is -2.19. The molecule has 4 rings (SSSR count). The number of anilines is 2. The molecule has 0 atom stereocenters. The topological polar surface area (TPSA) is 122 Å². The Bertz CT molecular complexity index is 1240. The average Bonchev–Trinajstić information content (AvgIpc) is 3.19. The highest BCUT2D eigenvalue weighted by Gasteiger charge is 2.11.